The topological polar surface area (TPSA) is 149 Å². The van der Waals surface area contributed by atoms with E-state index in [4.69, 9.17) is 9.47 Å². The molecule has 1 heterocycles. The first-order chi connectivity index (χ1) is 29.8. The molecule has 0 saturated carbocycles. The van der Waals surface area contributed by atoms with Crippen LogP contribution >= 0.6 is 0 Å². The number of rotatable bonds is 42. The molecule has 0 aromatic carbocycles. The normalized spacial score (nSPS) is 20.8. The van der Waals surface area contributed by atoms with Gasteiger partial charge in [0.25, 0.3) is 0 Å². The van der Waals surface area contributed by atoms with Crippen molar-refractivity contribution in [2.75, 3.05) is 13.2 Å². The molecule has 0 aromatic heterocycles. The lowest BCUT2D eigenvalue weighted by atomic mass is 9.99. The summed E-state index contributed by atoms with van der Waals surface area (Å²) < 4.78 is 11.2. The maximum Gasteiger partial charge on any atom is 0.220 e. The predicted octanol–water partition coefficient (Wildman–Crippen LogP) is 11.4. The zero-order chi connectivity index (χ0) is 44.4. The Kier molecular flexibility index (Phi) is 39.5. The van der Waals surface area contributed by atoms with Crippen molar-refractivity contribution in [1.82, 2.24) is 5.32 Å². The summed E-state index contributed by atoms with van der Waals surface area (Å²) in [6, 6.07) is -0.835. The maximum absolute atomic E-state index is 12.9. The van der Waals surface area contributed by atoms with Crippen LogP contribution in [-0.2, 0) is 14.3 Å². The van der Waals surface area contributed by atoms with Gasteiger partial charge in [0, 0.05) is 6.42 Å². The van der Waals surface area contributed by atoms with E-state index in [0.717, 1.165) is 57.8 Å². The highest BCUT2D eigenvalue weighted by atomic mass is 16.7. The average molecular weight is 862 g/mol. The monoisotopic (exact) mass is 862 g/mol. The Balaban J connectivity index is 2.32. The van der Waals surface area contributed by atoms with Crippen molar-refractivity contribution in [3.63, 3.8) is 0 Å². The van der Waals surface area contributed by atoms with Crippen LogP contribution < -0.4 is 5.32 Å². The highest BCUT2D eigenvalue weighted by Gasteiger charge is 2.44. The van der Waals surface area contributed by atoms with E-state index in [1.54, 1.807) is 6.08 Å². The zero-order valence-corrected chi connectivity index (χ0v) is 39.2. The lowest BCUT2D eigenvalue weighted by molar-refractivity contribution is -0.302. The number of carbonyl (C=O) groups is 1. The lowest BCUT2D eigenvalue weighted by Crippen LogP contribution is -2.60. The minimum absolute atomic E-state index is 0.208. The minimum Gasteiger partial charge on any atom is -0.394 e. The molecule has 1 fully saturated rings. The number of nitrogens with one attached hydrogen (secondary N) is 1. The van der Waals surface area contributed by atoms with Crippen LogP contribution in [0.2, 0.25) is 0 Å². The number of ether oxygens (including phenoxy) is 2. The predicted molar refractivity (Wildman–Crippen MR) is 253 cm³/mol. The first kappa shape index (κ1) is 57.2. The molecular formula is C52H95NO8. The van der Waals surface area contributed by atoms with Crippen LogP contribution in [0.4, 0.5) is 0 Å². The quantitative estimate of drug-likeness (QED) is 0.0262. The first-order valence-corrected chi connectivity index (χ1v) is 25.4. The number of allylic oxidation sites excluding steroid dienone is 7. The Morgan fingerprint density at radius 3 is 1.38 bits per heavy atom. The van der Waals surface area contributed by atoms with Crippen LogP contribution in [0, 0.1) is 0 Å². The fraction of sp³-hybridized carbons (Fsp3) is 0.827. The van der Waals surface area contributed by atoms with Crippen LogP contribution in [0.5, 0.6) is 0 Å². The highest BCUT2D eigenvalue weighted by Crippen LogP contribution is 2.22. The van der Waals surface area contributed by atoms with Gasteiger partial charge in [0.05, 0.1) is 25.4 Å². The molecule has 1 aliphatic rings. The van der Waals surface area contributed by atoms with E-state index >= 15 is 0 Å². The summed E-state index contributed by atoms with van der Waals surface area (Å²) in [6.07, 6.45) is 47.5. The van der Waals surface area contributed by atoms with Crippen molar-refractivity contribution in [2.24, 2.45) is 0 Å². The molecule has 61 heavy (non-hydrogen) atoms. The van der Waals surface area contributed by atoms with Crippen LogP contribution in [0.15, 0.2) is 48.6 Å². The summed E-state index contributed by atoms with van der Waals surface area (Å²) in [4.78, 5) is 12.9. The molecule has 1 rings (SSSR count). The van der Waals surface area contributed by atoms with Crippen LogP contribution in [0.3, 0.4) is 0 Å². The summed E-state index contributed by atoms with van der Waals surface area (Å²) in [5, 5.41) is 54.2. The van der Waals surface area contributed by atoms with Gasteiger partial charge in [-0.25, -0.2) is 0 Å². The maximum atomic E-state index is 12.9. The van der Waals surface area contributed by atoms with Crippen LogP contribution in [-0.4, -0.2) is 87.5 Å². The van der Waals surface area contributed by atoms with Gasteiger partial charge in [-0.3, -0.25) is 4.79 Å². The third kappa shape index (κ3) is 32.5. The molecule has 0 bridgehead atoms. The number of hydrogen-bond acceptors (Lipinski definition) is 8. The SMILES string of the molecule is CCCCCCCC/C=C\CCCCCC(=O)NC(COC1OC(CO)C(O)C(O)C1O)C(O)/C=C/CC/C=C/CC/C=C/CCCCCCCCCCCCCCCCC. The number of aliphatic hydroxyl groups is 5. The summed E-state index contributed by atoms with van der Waals surface area (Å²) >= 11 is 0. The van der Waals surface area contributed by atoms with E-state index in [0.29, 0.717) is 6.42 Å². The molecule has 7 unspecified atom stereocenters. The third-order valence-electron chi connectivity index (χ3n) is 11.9. The molecule has 1 amide bonds. The van der Waals surface area contributed by atoms with Gasteiger partial charge < -0.3 is 40.3 Å². The largest absolute Gasteiger partial charge is 0.394 e. The van der Waals surface area contributed by atoms with Crippen molar-refractivity contribution in [3.8, 4) is 0 Å². The standard InChI is InChI=1S/C52H95NO8/c1-3-5-7-9-11-13-15-17-18-19-20-21-22-23-24-25-26-27-28-30-31-33-35-37-39-41-46(55)45(44-60-52-51(59)50(58)49(57)47(43-54)61-52)53-48(56)42-40-38-36-34-32-29-16-14-12-10-8-6-4-2/h26-27,29,31-33,39,41,45-47,49-52,54-55,57-59H,3-25,28,30,34-38,40,42-44H2,1-2H3,(H,53,56)/b27-26+,32-29-,33-31+,41-39+. The second-order valence-corrected chi connectivity index (χ2v) is 17.6. The van der Waals surface area contributed by atoms with Crippen molar-refractivity contribution < 1.29 is 39.8 Å². The Hall–Kier alpha value is -1.85. The van der Waals surface area contributed by atoms with Gasteiger partial charge in [-0.05, 0) is 70.6 Å². The summed E-state index contributed by atoms with van der Waals surface area (Å²) in [7, 11) is 0. The molecule has 1 aliphatic heterocycles. The van der Waals surface area contributed by atoms with Gasteiger partial charge in [-0.1, -0.05) is 191 Å². The van der Waals surface area contributed by atoms with Crippen molar-refractivity contribution in [3.05, 3.63) is 48.6 Å². The molecule has 0 aromatic rings. The average Bonchev–Trinajstić information content (AvgIpc) is 3.26. The molecule has 0 spiro atoms. The summed E-state index contributed by atoms with van der Waals surface area (Å²) in [5.41, 5.74) is 0. The third-order valence-corrected chi connectivity index (χ3v) is 11.9. The van der Waals surface area contributed by atoms with E-state index in [9.17, 15) is 30.3 Å². The molecule has 0 radical (unpaired) electrons. The molecule has 9 heteroatoms. The van der Waals surface area contributed by atoms with E-state index in [2.05, 4.69) is 55.6 Å². The summed E-state index contributed by atoms with van der Waals surface area (Å²) in [6.45, 7) is 3.74. The van der Waals surface area contributed by atoms with Crippen molar-refractivity contribution in [1.29, 1.82) is 0 Å². The van der Waals surface area contributed by atoms with Crippen molar-refractivity contribution >= 4 is 5.91 Å². The molecule has 0 aliphatic carbocycles. The molecule has 6 N–H and O–H groups in total. The Morgan fingerprint density at radius 2 is 0.934 bits per heavy atom. The van der Waals surface area contributed by atoms with Gasteiger partial charge in [0.2, 0.25) is 5.91 Å². The molecule has 1 saturated heterocycles. The van der Waals surface area contributed by atoms with Gasteiger partial charge in [0.1, 0.15) is 24.4 Å². The number of carbonyl (C=O) groups excluding carboxylic acids is 1. The Bertz CT molecular complexity index is 1090. The van der Waals surface area contributed by atoms with E-state index in [-0.39, 0.29) is 12.5 Å². The van der Waals surface area contributed by atoms with Gasteiger partial charge in [-0.15, -0.1) is 0 Å². The second kappa shape index (κ2) is 42.1. The zero-order valence-electron chi connectivity index (χ0n) is 39.2. The number of hydrogen-bond donors (Lipinski definition) is 6. The molecule has 9 nitrogen and oxygen atoms in total. The summed E-state index contributed by atoms with van der Waals surface area (Å²) in [5.74, 6) is -0.208. The van der Waals surface area contributed by atoms with Crippen molar-refractivity contribution in [2.45, 2.75) is 262 Å². The molecule has 7 atom stereocenters. The Labute approximate surface area is 373 Å². The number of amides is 1. The van der Waals surface area contributed by atoms with E-state index < -0.39 is 49.5 Å². The molecular weight excluding hydrogens is 767 g/mol. The number of aliphatic hydroxyl groups excluding tert-OH is 5. The fourth-order valence-electron chi connectivity index (χ4n) is 7.77. The fourth-order valence-corrected chi connectivity index (χ4v) is 7.77. The number of unbranched alkanes of at least 4 members (excludes halogenated alkanes) is 26. The first-order valence-electron chi connectivity index (χ1n) is 25.4. The molecule has 356 valence electrons. The van der Waals surface area contributed by atoms with E-state index in [1.807, 2.05) is 6.08 Å². The minimum atomic E-state index is -1.58. The lowest BCUT2D eigenvalue weighted by Gasteiger charge is -2.40. The van der Waals surface area contributed by atoms with Gasteiger partial charge in [0.15, 0.2) is 6.29 Å². The van der Waals surface area contributed by atoms with Crippen LogP contribution in [0.25, 0.3) is 0 Å². The Morgan fingerprint density at radius 1 is 0.541 bits per heavy atom. The smallest absolute Gasteiger partial charge is 0.220 e. The van der Waals surface area contributed by atoms with E-state index in [1.165, 1.54) is 141 Å². The second-order valence-electron chi connectivity index (χ2n) is 17.6. The highest BCUT2D eigenvalue weighted by molar-refractivity contribution is 5.76. The van der Waals surface area contributed by atoms with Crippen LogP contribution in [0.1, 0.15) is 219 Å². The van der Waals surface area contributed by atoms with Gasteiger partial charge in [-0.2, -0.15) is 0 Å². The van der Waals surface area contributed by atoms with Gasteiger partial charge >= 0.3 is 0 Å².